The molecule has 1 amide bonds. The molecule has 0 saturated carbocycles. The SMILES string of the molecule is CC(C)C[C@H](C=O)N(C(=O)OC(C)(C)C)c1[c]cccc1. The summed E-state index contributed by atoms with van der Waals surface area (Å²) in [7, 11) is 0. The van der Waals surface area contributed by atoms with Crippen molar-refractivity contribution in [1.29, 1.82) is 0 Å². The normalized spacial score (nSPS) is 12.9. The topological polar surface area (TPSA) is 46.6 Å². The molecule has 1 rings (SSSR count). The summed E-state index contributed by atoms with van der Waals surface area (Å²) in [5.41, 5.74) is -0.0699. The molecule has 1 aromatic carbocycles. The summed E-state index contributed by atoms with van der Waals surface area (Å²) in [6.07, 6.45) is 0.846. The first-order valence-corrected chi connectivity index (χ1v) is 7.19. The van der Waals surface area contributed by atoms with E-state index >= 15 is 0 Å². The summed E-state index contributed by atoms with van der Waals surface area (Å²) in [5, 5.41) is 0. The number of aldehydes is 1. The van der Waals surface area contributed by atoms with Crippen LogP contribution in [-0.4, -0.2) is 24.0 Å². The minimum atomic E-state index is -0.616. The highest BCUT2D eigenvalue weighted by atomic mass is 16.6. The number of carbonyl (C=O) groups is 2. The predicted molar refractivity (Wildman–Crippen MR) is 83.3 cm³/mol. The van der Waals surface area contributed by atoms with E-state index in [1.807, 2.05) is 19.9 Å². The van der Waals surface area contributed by atoms with Crippen LogP contribution < -0.4 is 4.90 Å². The van der Waals surface area contributed by atoms with Crippen molar-refractivity contribution < 1.29 is 14.3 Å². The van der Waals surface area contributed by atoms with Crippen LogP contribution >= 0.6 is 0 Å². The largest absolute Gasteiger partial charge is 0.443 e. The maximum Gasteiger partial charge on any atom is 0.415 e. The van der Waals surface area contributed by atoms with Crippen molar-refractivity contribution in [1.82, 2.24) is 0 Å². The van der Waals surface area contributed by atoms with E-state index in [1.165, 1.54) is 4.90 Å². The quantitative estimate of drug-likeness (QED) is 0.774. The molecule has 115 valence electrons. The zero-order chi connectivity index (χ0) is 16.0. The molecule has 0 unspecified atom stereocenters. The van der Waals surface area contributed by atoms with E-state index in [1.54, 1.807) is 39.0 Å². The van der Waals surface area contributed by atoms with Crippen molar-refractivity contribution >= 4 is 18.1 Å². The third kappa shape index (κ3) is 5.58. The molecule has 0 aliphatic carbocycles. The van der Waals surface area contributed by atoms with Gasteiger partial charge >= 0.3 is 6.09 Å². The number of nitrogens with zero attached hydrogens (tertiary/aromatic N) is 1. The first-order chi connectivity index (χ1) is 9.74. The van der Waals surface area contributed by atoms with Gasteiger partial charge in [-0.2, -0.15) is 0 Å². The first-order valence-electron chi connectivity index (χ1n) is 7.19. The summed E-state index contributed by atoms with van der Waals surface area (Å²) in [4.78, 5) is 25.3. The highest BCUT2D eigenvalue weighted by molar-refractivity contribution is 5.92. The fourth-order valence-corrected chi connectivity index (χ4v) is 1.96. The number of hydrogen-bond donors (Lipinski definition) is 0. The van der Waals surface area contributed by atoms with E-state index in [0.717, 1.165) is 6.29 Å². The zero-order valence-electron chi connectivity index (χ0n) is 13.4. The number of anilines is 1. The van der Waals surface area contributed by atoms with Crippen molar-refractivity contribution in [2.45, 2.75) is 52.7 Å². The number of carbonyl (C=O) groups excluding carboxylic acids is 2. The molecule has 0 fully saturated rings. The Labute approximate surface area is 127 Å². The summed E-state index contributed by atoms with van der Waals surface area (Å²) in [6, 6.07) is 9.52. The van der Waals surface area contributed by atoms with Crippen molar-refractivity contribution in [2.24, 2.45) is 5.92 Å². The summed E-state index contributed by atoms with van der Waals surface area (Å²) in [5.74, 6) is 0.286. The summed E-state index contributed by atoms with van der Waals surface area (Å²) >= 11 is 0. The Morgan fingerprint density at radius 3 is 2.48 bits per heavy atom. The molecule has 21 heavy (non-hydrogen) atoms. The Kier molecular flexibility index (Phi) is 5.94. The lowest BCUT2D eigenvalue weighted by atomic mass is 10.0. The van der Waals surface area contributed by atoms with Gasteiger partial charge in [0.15, 0.2) is 0 Å². The van der Waals surface area contributed by atoms with Gasteiger partial charge in [0.1, 0.15) is 11.9 Å². The van der Waals surface area contributed by atoms with Gasteiger partial charge in [-0.15, -0.1) is 0 Å². The zero-order valence-corrected chi connectivity index (χ0v) is 13.4. The van der Waals surface area contributed by atoms with Crippen LogP contribution in [0.4, 0.5) is 10.5 Å². The second-order valence-corrected chi connectivity index (χ2v) is 6.43. The Morgan fingerprint density at radius 1 is 1.38 bits per heavy atom. The molecule has 0 saturated heterocycles. The second kappa shape index (κ2) is 7.25. The van der Waals surface area contributed by atoms with Crippen molar-refractivity contribution in [2.75, 3.05) is 4.90 Å². The Bertz CT molecular complexity index is 463. The van der Waals surface area contributed by atoms with Gasteiger partial charge in [-0.1, -0.05) is 32.0 Å². The first kappa shape index (κ1) is 17.2. The molecular formula is C17H24NO3. The van der Waals surface area contributed by atoms with Crippen LogP contribution in [0.1, 0.15) is 41.0 Å². The highest BCUT2D eigenvalue weighted by Crippen LogP contribution is 2.22. The maximum absolute atomic E-state index is 12.5. The van der Waals surface area contributed by atoms with E-state index in [4.69, 9.17) is 4.74 Å². The van der Waals surface area contributed by atoms with Gasteiger partial charge in [0.05, 0.1) is 11.7 Å². The summed E-state index contributed by atoms with van der Waals surface area (Å²) < 4.78 is 5.43. The molecule has 0 bridgehead atoms. The Hall–Kier alpha value is -1.84. The maximum atomic E-state index is 12.5. The third-order valence-electron chi connectivity index (χ3n) is 2.74. The van der Waals surface area contributed by atoms with E-state index in [9.17, 15) is 9.59 Å². The van der Waals surface area contributed by atoms with Gasteiger partial charge in [-0.25, -0.2) is 4.79 Å². The van der Waals surface area contributed by atoms with Gasteiger partial charge in [-0.05, 0) is 39.2 Å². The molecular weight excluding hydrogens is 266 g/mol. The van der Waals surface area contributed by atoms with E-state index in [0.29, 0.717) is 12.1 Å². The van der Waals surface area contributed by atoms with Crippen LogP contribution in [0.5, 0.6) is 0 Å². The smallest absolute Gasteiger partial charge is 0.415 e. The van der Waals surface area contributed by atoms with Crippen LogP contribution in [0.3, 0.4) is 0 Å². The molecule has 1 radical (unpaired) electrons. The van der Waals surface area contributed by atoms with Gasteiger partial charge in [-0.3, -0.25) is 4.90 Å². The average molecular weight is 290 g/mol. The molecule has 0 aliphatic rings. The average Bonchev–Trinajstić information content (AvgIpc) is 2.36. The van der Waals surface area contributed by atoms with E-state index in [-0.39, 0.29) is 5.92 Å². The van der Waals surface area contributed by atoms with Crippen LogP contribution in [0.25, 0.3) is 0 Å². The number of benzene rings is 1. The van der Waals surface area contributed by atoms with Crippen molar-refractivity contribution in [3.05, 3.63) is 30.3 Å². The minimum Gasteiger partial charge on any atom is -0.443 e. The second-order valence-electron chi connectivity index (χ2n) is 6.43. The van der Waals surface area contributed by atoms with Gasteiger partial charge in [0, 0.05) is 6.07 Å². The highest BCUT2D eigenvalue weighted by Gasteiger charge is 2.30. The van der Waals surface area contributed by atoms with E-state index in [2.05, 4.69) is 6.07 Å². The lowest BCUT2D eigenvalue weighted by molar-refractivity contribution is -0.109. The van der Waals surface area contributed by atoms with Crippen LogP contribution in [0, 0.1) is 12.0 Å². The van der Waals surface area contributed by atoms with Gasteiger partial charge < -0.3 is 9.53 Å². The molecule has 0 N–H and O–H groups in total. The number of ether oxygens (including phenoxy) is 1. The standard InChI is InChI=1S/C17H24NO3/c1-13(2)11-15(12-19)18(14-9-7-6-8-10-14)16(20)21-17(3,4)5/h6-9,12-13,15H,11H2,1-5H3/t15-/m1/s1. The number of hydrogen-bond acceptors (Lipinski definition) is 3. The van der Waals surface area contributed by atoms with E-state index < -0.39 is 17.7 Å². The minimum absolute atomic E-state index is 0.286. The van der Waals surface area contributed by atoms with Crippen LogP contribution in [-0.2, 0) is 9.53 Å². The van der Waals surface area contributed by atoms with Crippen LogP contribution in [0.15, 0.2) is 24.3 Å². The molecule has 0 spiro atoms. The molecule has 1 atom stereocenters. The molecule has 4 heteroatoms. The molecule has 0 heterocycles. The number of para-hydroxylation sites is 1. The number of rotatable bonds is 5. The number of amides is 1. The fraction of sp³-hybridized carbons (Fsp3) is 0.529. The Morgan fingerprint density at radius 2 is 2.05 bits per heavy atom. The van der Waals surface area contributed by atoms with Crippen LogP contribution in [0.2, 0.25) is 0 Å². The molecule has 0 aromatic heterocycles. The lowest BCUT2D eigenvalue weighted by Gasteiger charge is -2.31. The predicted octanol–water partition coefficient (Wildman–Crippen LogP) is 3.84. The molecule has 1 aromatic rings. The van der Waals surface area contributed by atoms with Gasteiger partial charge in [0.2, 0.25) is 0 Å². The summed E-state index contributed by atoms with van der Waals surface area (Å²) in [6.45, 7) is 9.43. The lowest BCUT2D eigenvalue weighted by Crippen LogP contribution is -2.45. The van der Waals surface area contributed by atoms with Crippen molar-refractivity contribution in [3.63, 3.8) is 0 Å². The Balaban J connectivity index is 3.10. The fourth-order valence-electron chi connectivity index (χ4n) is 1.96. The molecule has 0 aliphatic heterocycles. The monoisotopic (exact) mass is 290 g/mol. The van der Waals surface area contributed by atoms with Gasteiger partial charge in [0.25, 0.3) is 0 Å². The third-order valence-corrected chi connectivity index (χ3v) is 2.74. The van der Waals surface area contributed by atoms with Crippen molar-refractivity contribution in [3.8, 4) is 0 Å². The molecule has 4 nitrogen and oxygen atoms in total.